The van der Waals surface area contributed by atoms with Crippen LogP contribution in [0.2, 0.25) is 0 Å². The highest BCUT2D eigenvalue weighted by Crippen LogP contribution is 2.32. The van der Waals surface area contributed by atoms with Crippen molar-refractivity contribution in [1.82, 2.24) is 20.1 Å². The zero-order chi connectivity index (χ0) is 16.5. The molecule has 2 aliphatic heterocycles. The van der Waals surface area contributed by atoms with Crippen molar-refractivity contribution in [3.8, 4) is 11.5 Å². The van der Waals surface area contributed by atoms with Gasteiger partial charge in [0.25, 0.3) is 0 Å². The van der Waals surface area contributed by atoms with E-state index >= 15 is 0 Å². The van der Waals surface area contributed by atoms with E-state index in [2.05, 4.69) is 20.1 Å². The molecule has 1 N–H and O–H groups in total. The quantitative estimate of drug-likeness (QED) is 0.905. The summed E-state index contributed by atoms with van der Waals surface area (Å²) < 4.78 is 12.8. The summed E-state index contributed by atoms with van der Waals surface area (Å²) in [5.41, 5.74) is 1.06. The van der Waals surface area contributed by atoms with E-state index in [1.165, 1.54) is 0 Å². The fourth-order valence-corrected chi connectivity index (χ4v) is 3.23. The monoisotopic (exact) mass is 328 g/mol. The smallest absolute Gasteiger partial charge is 0.231 e. The number of nitrogens with zero attached hydrogens (tertiary/aromatic N) is 3. The third-order valence-electron chi connectivity index (χ3n) is 4.48. The summed E-state index contributed by atoms with van der Waals surface area (Å²) >= 11 is 0. The van der Waals surface area contributed by atoms with Gasteiger partial charge in [-0.3, -0.25) is 4.79 Å². The number of fused-ring (bicyclic) bond motifs is 2. The zero-order valence-corrected chi connectivity index (χ0v) is 13.6. The molecular weight excluding hydrogens is 308 g/mol. The van der Waals surface area contributed by atoms with Crippen LogP contribution >= 0.6 is 0 Å². The average Bonchev–Trinajstić information content (AvgIpc) is 3.27. The number of aryl methyl sites for hydroxylation is 2. The standard InChI is InChI=1S/C17H20N4O3/c1-11(17-20-19-15-3-2-8-21(15)17)18-16(22)7-5-12-4-6-13-14(9-12)24-10-23-13/h4,6,9,11H,2-3,5,7-8,10H2,1H3,(H,18,22). The summed E-state index contributed by atoms with van der Waals surface area (Å²) in [5.74, 6) is 3.39. The summed E-state index contributed by atoms with van der Waals surface area (Å²) in [7, 11) is 0. The summed E-state index contributed by atoms with van der Waals surface area (Å²) in [6.07, 6.45) is 3.15. The first-order valence-corrected chi connectivity index (χ1v) is 8.30. The van der Waals surface area contributed by atoms with Crippen LogP contribution in [0.5, 0.6) is 11.5 Å². The Bertz CT molecular complexity index is 771. The largest absolute Gasteiger partial charge is 0.454 e. The topological polar surface area (TPSA) is 78.3 Å². The SMILES string of the molecule is CC(NC(=O)CCc1ccc2c(c1)OCO2)c1nnc2n1CCC2. The summed E-state index contributed by atoms with van der Waals surface area (Å²) in [4.78, 5) is 12.2. The number of rotatable bonds is 5. The molecule has 1 atom stereocenters. The molecule has 1 aromatic carbocycles. The molecule has 0 bridgehead atoms. The first-order chi connectivity index (χ1) is 11.7. The first-order valence-electron chi connectivity index (χ1n) is 8.30. The fourth-order valence-electron chi connectivity index (χ4n) is 3.23. The van der Waals surface area contributed by atoms with Crippen LogP contribution in [0.3, 0.4) is 0 Å². The van der Waals surface area contributed by atoms with Crippen LogP contribution in [0.15, 0.2) is 18.2 Å². The van der Waals surface area contributed by atoms with Crippen molar-refractivity contribution in [3.63, 3.8) is 0 Å². The molecule has 7 heteroatoms. The second kappa shape index (κ2) is 6.14. The van der Waals surface area contributed by atoms with Crippen molar-refractivity contribution in [2.45, 2.75) is 45.2 Å². The van der Waals surface area contributed by atoms with Crippen molar-refractivity contribution in [1.29, 1.82) is 0 Å². The van der Waals surface area contributed by atoms with Gasteiger partial charge >= 0.3 is 0 Å². The number of nitrogens with one attached hydrogen (secondary N) is 1. The zero-order valence-electron chi connectivity index (χ0n) is 13.6. The molecular formula is C17H20N4O3. The van der Waals surface area contributed by atoms with Crippen LogP contribution in [-0.4, -0.2) is 27.5 Å². The van der Waals surface area contributed by atoms with Gasteiger partial charge in [0, 0.05) is 19.4 Å². The predicted molar refractivity (Wildman–Crippen MR) is 85.8 cm³/mol. The Morgan fingerprint density at radius 1 is 1.33 bits per heavy atom. The van der Waals surface area contributed by atoms with E-state index in [0.29, 0.717) is 12.8 Å². The Hall–Kier alpha value is -2.57. The molecule has 1 aromatic heterocycles. The molecule has 0 radical (unpaired) electrons. The molecule has 24 heavy (non-hydrogen) atoms. The normalized spacial score (nSPS) is 16.0. The third-order valence-corrected chi connectivity index (χ3v) is 4.48. The lowest BCUT2D eigenvalue weighted by Crippen LogP contribution is -2.28. The number of benzene rings is 1. The number of carbonyl (C=O) groups excluding carboxylic acids is 1. The van der Waals surface area contributed by atoms with E-state index in [4.69, 9.17) is 9.47 Å². The highest BCUT2D eigenvalue weighted by molar-refractivity contribution is 5.76. The molecule has 2 aliphatic rings. The lowest BCUT2D eigenvalue weighted by molar-refractivity contribution is -0.121. The van der Waals surface area contributed by atoms with Gasteiger partial charge in [0.05, 0.1) is 6.04 Å². The van der Waals surface area contributed by atoms with Crippen LogP contribution < -0.4 is 14.8 Å². The van der Waals surface area contributed by atoms with Crippen molar-refractivity contribution in [2.24, 2.45) is 0 Å². The molecule has 0 saturated heterocycles. The number of hydrogen-bond acceptors (Lipinski definition) is 5. The Morgan fingerprint density at radius 2 is 2.21 bits per heavy atom. The summed E-state index contributed by atoms with van der Waals surface area (Å²) in [5, 5.41) is 11.4. The summed E-state index contributed by atoms with van der Waals surface area (Å²) in [6, 6.07) is 5.66. The molecule has 2 aromatic rings. The fraction of sp³-hybridized carbons (Fsp3) is 0.471. The molecule has 126 valence electrons. The minimum atomic E-state index is -0.131. The van der Waals surface area contributed by atoms with Crippen molar-refractivity contribution < 1.29 is 14.3 Å². The van der Waals surface area contributed by atoms with E-state index in [-0.39, 0.29) is 18.7 Å². The van der Waals surface area contributed by atoms with Crippen molar-refractivity contribution in [2.75, 3.05) is 6.79 Å². The van der Waals surface area contributed by atoms with Crippen molar-refractivity contribution >= 4 is 5.91 Å². The summed E-state index contributed by atoms with van der Waals surface area (Å²) in [6.45, 7) is 3.16. The van der Waals surface area contributed by atoms with Gasteiger partial charge in [-0.05, 0) is 37.5 Å². The third kappa shape index (κ3) is 2.81. The van der Waals surface area contributed by atoms with E-state index in [0.717, 1.165) is 48.1 Å². The van der Waals surface area contributed by atoms with Gasteiger partial charge in [0.2, 0.25) is 12.7 Å². The Morgan fingerprint density at radius 3 is 3.12 bits per heavy atom. The highest BCUT2D eigenvalue weighted by Gasteiger charge is 2.22. The number of ether oxygens (including phenoxy) is 2. The van der Waals surface area contributed by atoms with Gasteiger partial charge in [-0.1, -0.05) is 6.07 Å². The van der Waals surface area contributed by atoms with Crippen molar-refractivity contribution in [3.05, 3.63) is 35.4 Å². The maximum Gasteiger partial charge on any atom is 0.231 e. The minimum Gasteiger partial charge on any atom is -0.454 e. The molecule has 1 amide bonds. The van der Waals surface area contributed by atoms with Crippen LogP contribution in [-0.2, 0) is 24.2 Å². The second-order valence-electron chi connectivity index (χ2n) is 6.21. The lowest BCUT2D eigenvalue weighted by Gasteiger charge is -2.14. The van der Waals surface area contributed by atoms with Gasteiger partial charge < -0.3 is 19.4 Å². The number of hydrogen-bond donors (Lipinski definition) is 1. The molecule has 7 nitrogen and oxygen atoms in total. The molecule has 3 heterocycles. The van der Waals surface area contributed by atoms with Gasteiger partial charge in [-0.15, -0.1) is 10.2 Å². The van der Waals surface area contributed by atoms with Gasteiger partial charge in [-0.2, -0.15) is 0 Å². The molecule has 4 rings (SSSR count). The average molecular weight is 328 g/mol. The van der Waals surface area contributed by atoms with Gasteiger partial charge in [0.1, 0.15) is 5.82 Å². The maximum atomic E-state index is 12.2. The second-order valence-corrected chi connectivity index (χ2v) is 6.21. The molecule has 0 spiro atoms. The molecule has 0 saturated carbocycles. The van der Waals surface area contributed by atoms with Gasteiger partial charge in [0.15, 0.2) is 17.3 Å². The Kier molecular flexibility index (Phi) is 3.84. The molecule has 1 unspecified atom stereocenters. The first kappa shape index (κ1) is 15.0. The van der Waals surface area contributed by atoms with Crippen LogP contribution in [0.1, 0.15) is 43.0 Å². The number of carbonyl (C=O) groups is 1. The van der Waals surface area contributed by atoms with E-state index in [1.54, 1.807) is 0 Å². The van der Waals surface area contributed by atoms with Gasteiger partial charge in [-0.25, -0.2) is 0 Å². The predicted octanol–water partition coefficient (Wildman–Crippen LogP) is 1.76. The number of aromatic nitrogens is 3. The van der Waals surface area contributed by atoms with E-state index < -0.39 is 0 Å². The van der Waals surface area contributed by atoms with E-state index in [9.17, 15) is 4.79 Å². The maximum absolute atomic E-state index is 12.2. The molecule has 0 fully saturated rings. The highest BCUT2D eigenvalue weighted by atomic mass is 16.7. The van der Waals surface area contributed by atoms with Crippen LogP contribution in [0.4, 0.5) is 0 Å². The Balaban J connectivity index is 1.33. The Labute approximate surface area is 140 Å². The number of amides is 1. The van der Waals surface area contributed by atoms with E-state index in [1.807, 2.05) is 25.1 Å². The van der Waals surface area contributed by atoms with Crippen LogP contribution in [0, 0.1) is 0 Å². The lowest BCUT2D eigenvalue weighted by atomic mass is 10.1. The minimum absolute atomic E-state index is 0.00973. The van der Waals surface area contributed by atoms with Crippen LogP contribution in [0.25, 0.3) is 0 Å². The molecule has 0 aliphatic carbocycles.